The van der Waals surface area contributed by atoms with E-state index in [1.165, 1.54) is 6.20 Å². The maximum absolute atomic E-state index is 11.6. The molecule has 0 radical (unpaired) electrons. The predicted octanol–water partition coefficient (Wildman–Crippen LogP) is 1.68. The number of carbonyl (C=O) groups is 1. The van der Waals surface area contributed by atoms with Crippen LogP contribution in [0.15, 0.2) is 42.6 Å². The third-order valence-corrected chi connectivity index (χ3v) is 3.71. The zero-order chi connectivity index (χ0) is 18.2. The van der Waals surface area contributed by atoms with Gasteiger partial charge in [0.1, 0.15) is 12.7 Å². The number of hydrogen-bond acceptors (Lipinski definition) is 6. The summed E-state index contributed by atoms with van der Waals surface area (Å²) in [6, 6.07) is 11.0. The Morgan fingerprint density at radius 3 is 2.72 bits per heavy atom. The zero-order valence-corrected chi connectivity index (χ0v) is 14.1. The van der Waals surface area contributed by atoms with E-state index in [1.54, 1.807) is 13.0 Å². The SMILES string of the molecule is Cc1cc(N)cnc1C(O)C(O)CCNC(=O)OCc1ccccc1. The normalized spacial score (nSPS) is 13.1. The van der Waals surface area contributed by atoms with Gasteiger partial charge in [0, 0.05) is 6.54 Å². The largest absolute Gasteiger partial charge is 0.445 e. The Morgan fingerprint density at radius 2 is 2.04 bits per heavy atom. The van der Waals surface area contributed by atoms with Crippen LogP contribution < -0.4 is 11.1 Å². The molecule has 2 rings (SSSR count). The molecule has 0 bridgehead atoms. The highest BCUT2D eigenvalue weighted by Crippen LogP contribution is 2.21. The fourth-order valence-electron chi connectivity index (χ4n) is 2.35. The van der Waals surface area contributed by atoms with Gasteiger partial charge in [-0.3, -0.25) is 4.98 Å². The van der Waals surface area contributed by atoms with E-state index in [-0.39, 0.29) is 19.6 Å². The van der Waals surface area contributed by atoms with Crippen LogP contribution in [0.25, 0.3) is 0 Å². The molecule has 134 valence electrons. The topological polar surface area (TPSA) is 118 Å². The molecule has 2 unspecified atom stereocenters. The van der Waals surface area contributed by atoms with E-state index in [0.717, 1.165) is 5.56 Å². The van der Waals surface area contributed by atoms with E-state index in [4.69, 9.17) is 10.5 Å². The number of nitrogens with one attached hydrogen (secondary N) is 1. The number of amides is 1. The number of nitrogens with zero attached hydrogens (tertiary/aromatic N) is 1. The highest BCUT2D eigenvalue weighted by Gasteiger charge is 2.21. The van der Waals surface area contributed by atoms with Gasteiger partial charge in [0.25, 0.3) is 0 Å². The number of pyridine rings is 1. The lowest BCUT2D eigenvalue weighted by atomic mass is 10.0. The van der Waals surface area contributed by atoms with Gasteiger partial charge in [-0.05, 0) is 30.5 Å². The summed E-state index contributed by atoms with van der Waals surface area (Å²) in [6.45, 7) is 2.10. The summed E-state index contributed by atoms with van der Waals surface area (Å²) in [4.78, 5) is 15.7. The standard InChI is InChI=1S/C18H23N3O4/c1-12-9-14(19)10-21-16(12)17(23)15(22)7-8-20-18(24)25-11-13-5-3-2-4-6-13/h2-6,9-10,15,17,22-23H,7-8,11,19H2,1H3,(H,20,24). The van der Waals surface area contributed by atoms with E-state index in [2.05, 4.69) is 10.3 Å². The molecule has 1 aromatic carbocycles. The molecular weight excluding hydrogens is 322 g/mol. The minimum absolute atomic E-state index is 0.160. The lowest BCUT2D eigenvalue weighted by Crippen LogP contribution is -2.30. The summed E-state index contributed by atoms with van der Waals surface area (Å²) in [5, 5.41) is 22.8. The minimum Gasteiger partial charge on any atom is -0.445 e. The summed E-state index contributed by atoms with van der Waals surface area (Å²) in [6.07, 6.45) is -1.20. The summed E-state index contributed by atoms with van der Waals surface area (Å²) in [5.41, 5.74) is 8.06. The molecule has 0 saturated carbocycles. The smallest absolute Gasteiger partial charge is 0.407 e. The summed E-state index contributed by atoms with van der Waals surface area (Å²) < 4.78 is 5.07. The molecule has 0 saturated heterocycles. The molecular formula is C18H23N3O4. The first-order valence-electron chi connectivity index (χ1n) is 8.00. The van der Waals surface area contributed by atoms with E-state index in [0.29, 0.717) is 16.9 Å². The number of aliphatic hydroxyl groups excluding tert-OH is 2. The third-order valence-electron chi connectivity index (χ3n) is 3.71. The maximum Gasteiger partial charge on any atom is 0.407 e. The van der Waals surface area contributed by atoms with Gasteiger partial charge in [0.15, 0.2) is 0 Å². The van der Waals surface area contributed by atoms with Crippen molar-refractivity contribution in [3.05, 3.63) is 59.4 Å². The number of rotatable bonds is 7. The third kappa shape index (κ3) is 5.74. The van der Waals surface area contributed by atoms with Crippen LogP contribution in [0.2, 0.25) is 0 Å². The molecule has 0 aliphatic carbocycles. The van der Waals surface area contributed by atoms with Crippen molar-refractivity contribution in [3.8, 4) is 0 Å². The number of anilines is 1. The molecule has 5 N–H and O–H groups in total. The predicted molar refractivity (Wildman–Crippen MR) is 93.6 cm³/mol. The van der Waals surface area contributed by atoms with Crippen molar-refractivity contribution in [3.63, 3.8) is 0 Å². The van der Waals surface area contributed by atoms with Gasteiger partial charge in [-0.25, -0.2) is 4.79 Å². The number of aryl methyl sites for hydroxylation is 1. The Labute approximate surface area is 146 Å². The second kappa shape index (κ2) is 9.00. The summed E-state index contributed by atoms with van der Waals surface area (Å²) >= 11 is 0. The van der Waals surface area contributed by atoms with Gasteiger partial charge in [-0.2, -0.15) is 0 Å². The molecule has 2 aromatic rings. The number of aromatic nitrogens is 1. The number of aliphatic hydroxyl groups is 2. The molecule has 0 spiro atoms. The lowest BCUT2D eigenvalue weighted by Gasteiger charge is -2.19. The maximum atomic E-state index is 11.6. The number of hydrogen-bond donors (Lipinski definition) is 4. The fourth-order valence-corrected chi connectivity index (χ4v) is 2.35. The zero-order valence-electron chi connectivity index (χ0n) is 14.1. The highest BCUT2D eigenvalue weighted by molar-refractivity contribution is 5.67. The van der Waals surface area contributed by atoms with Gasteiger partial charge < -0.3 is 26.0 Å². The molecule has 0 fully saturated rings. The molecule has 1 heterocycles. The van der Waals surface area contributed by atoms with Crippen molar-refractivity contribution in [2.75, 3.05) is 12.3 Å². The number of ether oxygens (including phenoxy) is 1. The van der Waals surface area contributed by atoms with Crippen LogP contribution in [0.4, 0.5) is 10.5 Å². The number of nitrogens with two attached hydrogens (primary N) is 1. The monoisotopic (exact) mass is 345 g/mol. The van der Waals surface area contributed by atoms with Crippen molar-refractivity contribution < 1.29 is 19.7 Å². The minimum atomic E-state index is -1.15. The van der Waals surface area contributed by atoms with Crippen LogP contribution in [-0.4, -0.2) is 33.9 Å². The molecule has 2 atom stereocenters. The van der Waals surface area contributed by atoms with Crippen molar-refractivity contribution >= 4 is 11.8 Å². The molecule has 0 aliphatic heterocycles. The molecule has 1 amide bonds. The second-order valence-electron chi connectivity index (χ2n) is 5.76. The number of nitrogen functional groups attached to an aromatic ring is 1. The molecule has 1 aromatic heterocycles. The van der Waals surface area contributed by atoms with Gasteiger partial charge in [-0.15, -0.1) is 0 Å². The fraction of sp³-hybridized carbons (Fsp3) is 0.333. The number of alkyl carbamates (subject to hydrolysis) is 1. The Hall–Kier alpha value is -2.64. The van der Waals surface area contributed by atoms with Crippen molar-refractivity contribution in [2.45, 2.75) is 32.2 Å². The van der Waals surface area contributed by atoms with Crippen LogP contribution in [0, 0.1) is 6.92 Å². The van der Waals surface area contributed by atoms with E-state index >= 15 is 0 Å². The van der Waals surface area contributed by atoms with Crippen LogP contribution in [0.5, 0.6) is 0 Å². The van der Waals surface area contributed by atoms with Crippen molar-refractivity contribution in [1.29, 1.82) is 0 Å². The average Bonchev–Trinajstić information content (AvgIpc) is 2.60. The molecule has 0 aliphatic rings. The van der Waals surface area contributed by atoms with E-state index in [9.17, 15) is 15.0 Å². The van der Waals surface area contributed by atoms with E-state index in [1.807, 2.05) is 30.3 Å². The van der Waals surface area contributed by atoms with Crippen LogP contribution in [0.1, 0.15) is 29.3 Å². The van der Waals surface area contributed by atoms with Crippen molar-refractivity contribution in [1.82, 2.24) is 10.3 Å². The Kier molecular flexibility index (Phi) is 6.73. The Balaban J connectivity index is 1.74. The summed E-state index contributed by atoms with van der Waals surface area (Å²) in [5.74, 6) is 0. The van der Waals surface area contributed by atoms with Gasteiger partial charge in [0.2, 0.25) is 0 Å². The Morgan fingerprint density at radius 1 is 1.32 bits per heavy atom. The first-order valence-corrected chi connectivity index (χ1v) is 8.00. The van der Waals surface area contributed by atoms with Crippen LogP contribution in [0.3, 0.4) is 0 Å². The quantitative estimate of drug-likeness (QED) is 0.606. The van der Waals surface area contributed by atoms with Crippen molar-refractivity contribution in [2.24, 2.45) is 0 Å². The first kappa shape index (κ1) is 18.7. The second-order valence-corrected chi connectivity index (χ2v) is 5.76. The van der Waals surface area contributed by atoms with Gasteiger partial charge in [-0.1, -0.05) is 30.3 Å². The Bertz CT molecular complexity index is 694. The lowest BCUT2D eigenvalue weighted by molar-refractivity contribution is 0.0108. The van der Waals surface area contributed by atoms with Gasteiger partial charge >= 0.3 is 6.09 Å². The number of benzene rings is 1. The van der Waals surface area contributed by atoms with Gasteiger partial charge in [0.05, 0.1) is 23.7 Å². The van der Waals surface area contributed by atoms with Crippen LogP contribution >= 0.6 is 0 Å². The molecule has 25 heavy (non-hydrogen) atoms. The molecule has 7 nitrogen and oxygen atoms in total. The summed E-state index contributed by atoms with van der Waals surface area (Å²) in [7, 11) is 0. The molecule has 7 heteroatoms. The number of carbonyl (C=O) groups excluding carboxylic acids is 1. The average molecular weight is 345 g/mol. The van der Waals surface area contributed by atoms with Crippen LogP contribution in [-0.2, 0) is 11.3 Å². The van der Waals surface area contributed by atoms with E-state index < -0.39 is 18.3 Å². The highest BCUT2D eigenvalue weighted by atomic mass is 16.5. The first-order chi connectivity index (χ1) is 12.0.